The molecular weight excluding hydrogens is 397 g/mol. The Morgan fingerprint density at radius 3 is 2.62 bits per heavy atom. The first-order chi connectivity index (χ1) is 14.1. The molecular formula is C20H13ClFN5O2. The summed E-state index contributed by atoms with van der Waals surface area (Å²) in [6, 6.07) is 16.1. The summed E-state index contributed by atoms with van der Waals surface area (Å²) in [5.41, 5.74) is 1.26. The van der Waals surface area contributed by atoms with Crippen molar-refractivity contribution in [3.63, 3.8) is 0 Å². The lowest BCUT2D eigenvalue weighted by Crippen LogP contribution is -2.14. The van der Waals surface area contributed by atoms with Crippen LogP contribution in [0.5, 0.6) is 0 Å². The fraction of sp³-hybridized carbons (Fsp3) is 0. The van der Waals surface area contributed by atoms with Gasteiger partial charge >= 0.3 is 0 Å². The Hall–Kier alpha value is -3.78. The molecule has 0 bridgehead atoms. The van der Waals surface area contributed by atoms with E-state index in [0.717, 1.165) is 5.56 Å². The second-order valence-corrected chi connectivity index (χ2v) is 6.34. The number of aromatic amines is 1. The van der Waals surface area contributed by atoms with Gasteiger partial charge in [0, 0.05) is 11.3 Å². The van der Waals surface area contributed by atoms with E-state index >= 15 is 0 Å². The summed E-state index contributed by atoms with van der Waals surface area (Å²) >= 11 is 6.21. The maximum Gasteiger partial charge on any atom is 0.259 e. The van der Waals surface area contributed by atoms with Crippen LogP contribution in [0.2, 0.25) is 5.02 Å². The molecule has 2 N–H and O–H groups in total. The molecule has 0 aliphatic heterocycles. The summed E-state index contributed by atoms with van der Waals surface area (Å²) < 4.78 is 18.9. The number of carbonyl (C=O) groups is 1. The summed E-state index contributed by atoms with van der Waals surface area (Å²) in [4.78, 5) is 12.8. The van der Waals surface area contributed by atoms with E-state index in [2.05, 4.69) is 25.9 Å². The molecule has 2 aromatic heterocycles. The Bertz CT molecular complexity index is 1170. The standard InChI is InChI=1S/C20H13ClFN5O2/c21-17-4-2-1-3-15(17)18-10-9-14(29-18)11-16(19-24-26-27-25-19)20(28)23-13-7-5-12(22)6-8-13/h1-11H,(H,23,28)(H,24,25,26,27). The number of nitrogens with zero attached hydrogens (tertiary/aromatic N) is 3. The molecule has 2 heterocycles. The van der Waals surface area contributed by atoms with Gasteiger partial charge in [-0.1, -0.05) is 23.7 Å². The summed E-state index contributed by atoms with van der Waals surface area (Å²) in [6.45, 7) is 0. The summed E-state index contributed by atoms with van der Waals surface area (Å²) in [6.07, 6.45) is 1.49. The molecule has 0 unspecified atom stereocenters. The molecule has 1 amide bonds. The van der Waals surface area contributed by atoms with Gasteiger partial charge in [0.1, 0.15) is 17.3 Å². The number of benzene rings is 2. The minimum Gasteiger partial charge on any atom is -0.457 e. The first kappa shape index (κ1) is 18.6. The van der Waals surface area contributed by atoms with E-state index in [4.69, 9.17) is 16.0 Å². The second-order valence-electron chi connectivity index (χ2n) is 5.94. The van der Waals surface area contributed by atoms with E-state index in [1.54, 1.807) is 18.2 Å². The van der Waals surface area contributed by atoms with Crippen molar-refractivity contribution >= 4 is 34.8 Å². The number of carbonyl (C=O) groups excluding carboxylic acids is 1. The smallest absolute Gasteiger partial charge is 0.259 e. The first-order valence-electron chi connectivity index (χ1n) is 8.47. The molecule has 0 saturated carbocycles. The molecule has 144 valence electrons. The quantitative estimate of drug-likeness (QED) is 0.475. The number of tetrazole rings is 1. The normalized spacial score (nSPS) is 11.4. The van der Waals surface area contributed by atoms with Gasteiger partial charge in [-0.3, -0.25) is 4.79 Å². The Kier molecular flexibility index (Phi) is 5.17. The highest BCUT2D eigenvalue weighted by Crippen LogP contribution is 2.30. The summed E-state index contributed by atoms with van der Waals surface area (Å²) in [5, 5.41) is 16.8. The molecule has 4 aromatic rings. The number of aromatic nitrogens is 4. The van der Waals surface area contributed by atoms with Crippen LogP contribution in [-0.2, 0) is 4.79 Å². The average molecular weight is 410 g/mol. The third-order valence-corrected chi connectivity index (χ3v) is 4.32. The van der Waals surface area contributed by atoms with Gasteiger partial charge in [0.2, 0.25) is 5.82 Å². The number of H-pyrrole nitrogens is 1. The van der Waals surface area contributed by atoms with E-state index < -0.39 is 11.7 Å². The number of nitrogens with one attached hydrogen (secondary N) is 2. The highest BCUT2D eigenvalue weighted by atomic mass is 35.5. The molecule has 29 heavy (non-hydrogen) atoms. The van der Waals surface area contributed by atoms with E-state index in [1.807, 2.05) is 18.2 Å². The number of anilines is 1. The number of rotatable bonds is 5. The lowest BCUT2D eigenvalue weighted by molar-refractivity contribution is -0.111. The Balaban J connectivity index is 1.66. The highest BCUT2D eigenvalue weighted by molar-refractivity contribution is 6.33. The number of furan rings is 1. The van der Waals surface area contributed by atoms with Crippen molar-refractivity contribution in [3.05, 3.63) is 83.1 Å². The van der Waals surface area contributed by atoms with Crippen molar-refractivity contribution in [2.75, 3.05) is 5.32 Å². The van der Waals surface area contributed by atoms with Crippen LogP contribution in [0.25, 0.3) is 23.0 Å². The third-order valence-electron chi connectivity index (χ3n) is 3.99. The van der Waals surface area contributed by atoms with Crippen LogP contribution in [0.3, 0.4) is 0 Å². The van der Waals surface area contributed by atoms with Crippen molar-refractivity contribution in [2.24, 2.45) is 0 Å². The first-order valence-corrected chi connectivity index (χ1v) is 8.85. The SMILES string of the molecule is O=C(Nc1ccc(F)cc1)C(=Cc1ccc(-c2ccccc2Cl)o1)c1nn[nH]n1. The van der Waals surface area contributed by atoms with Gasteiger partial charge in [-0.15, -0.1) is 10.2 Å². The molecule has 0 aliphatic rings. The fourth-order valence-electron chi connectivity index (χ4n) is 2.62. The molecule has 0 radical (unpaired) electrons. The zero-order chi connectivity index (χ0) is 20.2. The van der Waals surface area contributed by atoms with Gasteiger partial charge in [-0.05, 0) is 59.8 Å². The molecule has 9 heteroatoms. The topological polar surface area (TPSA) is 96.7 Å². The molecule has 4 rings (SSSR count). The van der Waals surface area contributed by atoms with Crippen LogP contribution < -0.4 is 5.32 Å². The highest BCUT2D eigenvalue weighted by Gasteiger charge is 2.18. The molecule has 7 nitrogen and oxygen atoms in total. The van der Waals surface area contributed by atoms with Crippen LogP contribution in [0.1, 0.15) is 11.6 Å². The maximum atomic E-state index is 13.1. The lowest BCUT2D eigenvalue weighted by atomic mass is 10.1. The van der Waals surface area contributed by atoms with Crippen molar-refractivity contribution in [2.45, 2.75) is 0 Å². The van der Waals surface area contributed by atoms with Gasteiger partial charge < -0.3 is 9.73 Å². The fourth-order valence-corrected chi connectivity index (χ4v) is 2.85. The van der Waals surface area contributed by atoms with E-state index in [0.29, 0.717) is 22.2 Å². The van der Waals surface area contributed by atoms with E-state index in [-0.39, 0.29) is 11.4 Å². The average Bonchev–Trinajstić information content (AvgIpc) is 3.40. The zero-order valence-corrected chi connectivity index (χ0v) is 15.5. The van der Waals surface area contributed by atoms with Gasteiger partial charge in [-0.25, -0.2) is 4.39 Å². The van der Waals surface area contributed by atoms with Crippen LogP contribution >= 0.6 is 11.6 Å². The van der Waals surface area contributed by atoms with Gasteiger partial charge in [0.15, 0.2) is 0 Å². The van der Waals surface area contributed by atoms with E-state index in [9.17, 15) is 9.18 Å². The monoisotopic (exact) mass is 409 g/mol. The van der Waals surface area contributed by atoms with Gasteiger partial charge in [0.25, 0.3) is 5.91 Å². The minimum atomic E-state index is -0.506. The number of hydrogen-bond acceptors (Lipinski definition) is 5. The Morgan fingerprint density at radius 1 is 1.10 bits per heavy atom. The Morgan fingerprint density at radius 2 is 1.90 bits per heavy atom. The van der Waals surface area contributed by atoms with Crippen LogP contribution in [0, 0.1) is 5.82 Å². The maximum absolute atomic E-state index is 13.1. The predicted octanol–water partition coefficient (Wildman–Crippen LogP) is 4.43. The van der Waals surface area contributed by atoms with Crippen molar-refractivity contribution in [3.8, 4) is 11.3 Å². The molecule has 0 fully saturated rings. The molecule has 2 aromatic carbocycles. The van der Waals surface area contributed by atoms with Crippen molar-refractivity contribution in [1.29, 1.82) is 0 Å². The van der Waals surface area contributed by atoms with Crippen LogP contribution in [0.15, 0.2) is 65.1 Å². The van der Waals surface area contributed by atoms with Crippen LogP contribution in [-0.4, -0.2) is 26.5 Å². The molecule has 0 aliphatic carbocycles. The van der Waals surface area contributed by atoms with Gasteiger partial charge in [-0.2, -0.15) is 5.21 Å². The number of halogens is 2. The summed E-state index contributed by atoms with van der Waals surface area (Å²) in [7, 11) is 0. The van der Waals surface area contributed by atoms with E-state index in [1.165, 1.54) is 30.3 Å². The largest absolute Gasteiger partial charge is 0.457 e. The van der Waals surface area contributed by atoms with Crippen molar-refractivity contribution < 1.29 is 13.6 Å². The van der Waals surface area contributed by atoms with Crippen molar-refractivity contribution in [1.82, 2.24) is 20.6 Å². The third kappa shape index (κ3) is 4.22. The van der Waals surface area contributed by atoms with Gasteiger partial charge in [0.05, 0.1) is 10.6 Å². The van der Waals surface area contributed by atoms with Crippen LogP contribution in [0.4, 0.5) is 10.1 Å². The Labute approximate surface area is 169 Å². The predicted molar refractivity (Wildman–Crippen MR) is 106 cm³/mol. The molecule has 0 spiro atoms. The zero-order valence-electron chi connectivity index (χ0n) is 14.8. The number of hydrogen-bond donors (Lipinski definition) is 2. The minimum absolute atomic E-state index is 0.0836. The summed E-state index contributed by atoms with van der Waals surface area (Å²) in [5.74, 6) is 0.121. The second kappa shape index (κ2) is 8.07. The molecule has 0 saturated heterocycles. The number of amides is 1. The lowest BCUT2D eigenvalue weighted by Gasteiger charge is -2.06. The molecule has 0 atom stereocenters.